The van der Waals surface area contributed by atoms with E-state index in [1.165, 1.54) is 36.4 Å². The third kappa shape index (κ3) is 2.63. The first-order chi connectivity index (χ1) is 13.7. The predicted molar refractivity (Wildman–Crippen MR) is 98.4 cm³/mol. The van der Waals surface area contributed by atoms with Crippen molar-refractivity contribution in [2.45, 2.75) is 0 Å². The fraction of sp³-hybridized carbons (Fsp3) is 0. The van der Waals surface area contributed by atoms with E-state index in [4.69, 9.17) is 23.2 Å². The number of benzene rings is 2. The molecule has 9 nitrogen and oxygen atoms in total. The molecule has 29 heavy (non-hydrogen) atoms. The van der Waals surface area contributed by atoms with Gasteiger partial charge in [0.1, 0.15) is 0 Å². The van der Waals surface area contributed by atoms with Gasteiger partial charge < -0.3 is 4.74 Å². The molecule has 0 saturated heterocycles. The van der Waals surface area contributed by atoms with Crippen LogP contribution in [0.1, 0.15) is 20.7 Å². The molecule has 144 valence electrons. The smallest absolute Gasteiger partial charge is 0.358 e. The second-order valence-corrected chi connectivity index (χ2v) is 6.66. The number of anilines is 2. The fourth-order valence-electron chi connectivity index (χ4n) is 3.01. The van der Waals surface area contributed by atoms with Crippen molar-refractivity contribution in [3.05, 3.63) is 57.6 Å². The van der Waals surface area contributed by atoms with Crippen LogP contribution in [0.4, 0.5) is 21.0 Å². The van der Waals surface area contributed by atoms with Crippen molar-refractivity contribution in [3.63, 3.8) is 0 Å². The van der Waals surface area contributed by atoms with Crippen LogP contribution in [0.2, 0.25) is 10.0 Å². The first kappa shape index (κ1) is 18.8. The molecule has 0 atom stereocenters. The Morgan fingerprint density at radius 2 is 1.07 bits per heavy atom. The van der Waals surface area contributed by atoms with Gasteiger partial charge in [0, 0.05) is 0 Å². The average molecular weight is 433 g/mol. The summed E-state index contributed by atoms with van der Waals surface area (Å²) in [6, 6.07) is 7.98. The molecule has 2 aliphatic rings. The van der Waals surface area contributed by atoms with Crippen LogP contribution in [0.5, 0.6) is 0 Å². The number of ketones is 2. The Hall–Kier alpha value is -3.56. The zero-order chi connectivity index (χ0) is 21.0. The number of hydrogen-bond acceptors (Lipinski definition) is 7. The lowest BCUT2D eigenvalue weighted by atomic mass is 10.1. The number of rotatable bonds is 0. The Kier molecular flexibility index (Phi) is 4.21. The SMILES string of the molecule is O=C1C(=O)N(C(=O)OC(=O)N2C(=O)C(=O)c3c(Cl)cccc32)c2cccc(Cl)c21. The van der Waals surface area contributed by atoms with E-state index < -0.39 is 35.6 Å². The van der Waals surface area contributed by atoms with Crippen LogP contribution >= 0.6 is 23.2 Å². The Balaban J connectivity index is 1.65. The fourth-order valence-corrected chi connectivity index (χ4v) is 3.52. The summed E-state index contributed by atoms with van der Waals surface area (Å²) in [4.78, 5) is 74.0. The van der Waals surface area contributed by atoms with Gasteiger partial charge in [0.15, 0.2) is 0 Å². The highest BCUT2D eigenvalue weighted by atomic mass is 35.5. The van der Waals surface area contributed by atoms with Crippen molar-refractivity contribution in [2.75, 3.05) is 9.80 Å². The summed E-state index contributed by atoms with van der Waals surface area (Å²) in [6.07, 6.45) is -3.07. The van der Waals surface area contributed by atoms with Gasteiger partial charge in [0.25, 0.3) is 11.6 Å². The van der Waals surface area contributed by atoms with Gasteiger partial charge in [-0.25, -0.2) is 19.4 Å². The molecule has 0 fully saturated rings. The number of nitrogens with zero attached hydrogens (tertiary/aromatic N) is 2. The minimum absolute atomic E-state index is 0.0636. The lowest BCUT2D eigenvalue weighted by Crippen LogP contribution is -2.42. The van der Waals surface area contributed by atoms with Crippen molar-refractivity contribution < 1.29 is 33.5 Å². The summed E-state index contributed by atoms with van der Waals surface area (Å²) in [5, 5.41) is -0.127. The molecule has 2 aliphatic heterocycles. The molecule has 0 bridgehead atoms. The van der Waals surface area contributed by atoms with Crippen LogP contribution in [-0.4, -0.2) is 35.6 Å². The molecule has 2 aromatic carbocycles. The number of amides is 4. The topological polar surface area (TPSA) is 118 Å². The standard InChI is InChI=1S/C18H6Cl2N2O7/c19-7-3-1-5-9-11(7)13(23)15(25)21(9)17(27)29-18(28)22-10-6-2-4-8(20)12(10)14(24)16(22)26/h1-6H. The van der Waals surface area contributed by atoms with E-state index in [0.717, 1.165) is 0 Å². The molecule has 0 saturated carbocycles. The second kappa shape index (κ2) is 6.50. The van der Waals surface area contributed by atoms with E-state index in [-0.39, 0.29) is 32.5 Å². The molecule has 2 heterocycles. The Morgan fingerprint density at radius 1 is 0.690 bits per heavy atom. The molecule has 2 aromatic rings. The van der Waals surface area contributed by atoms with Crippen LogP contribution in [-0.2, 0) is 14.3 Å². The van der Waals surface area contributed by atoms with Gasteiger partial charge in [0.05, 0.1) is 32.5 Å². The highest BCUT2D eigenvalue weighted by Crippen LogP contribution is 2.36. The number of hydrogen-bond donors (Lipinski definition) is 0. The number of fused-ring (bicyclic) bond motifs is 2. The minimum Gasteiger partial charge on any atom is -0.358 e. The van der Waals surface area contributed by atoms with Gasteiger partial charge in [0.2, 0.25) is 0 Å². The highest BCUT2D eigenvalue weighted by molar-refractivity contribution is 6.60. The van der Waals surface area contributed by atoms with E-state index in [9.17, 15) is 28.8 Å². The number of Topliss-reactive ketones (excluding diaryl/α,β-unsaturated/α-hetero) is 2. The third-order valence-corrected chi connectivity index (χ3v) is 4.88. The van der Waals surface area contributed by atoms with Crippen LogP contribution < -0.4 is 9.80 Å². The molecular formula is C18H6Cl2N2O7. The zero-order valence-corrected chi connectivity index (χ0v) is 15.5. The third-order valence-electron chi connectivity index (χ3n) is 4.25. The quantitative estimate of drug-likeness (QED) is 0.463. The molecule has 0 radical (unpaired) electrons. The average Bonchev–Trinajstić information content (AvgIpc) is 3.08. The van der Waals surface area contributed by atoms with Gasteiger partial charge in [-0.05, 0) is 24.3 Å². The molecule has 0 unspecified atom stereocenters. The monoisotopic (exact) mass is 432 g/mol. The summed E-state index contributed by atoms with van der Waals surface area (Å²) in [5.41, 5.74) is -0.767. The van der Waals surface area contributed by atoms with Gasteiger partial charge in [-0.2, -0.15) is 0 Å². The Labute approximate surface area is 171 Å². The van der Waals surface area contributed by atoms with Crippen molar-refractivity contribution in [1.29, 1.82) is 0 Å². The lowest BCUT2D eigenvalue weighted by molar-refractivity contribution is -0.114. The van der Waals surface area contributed by atoms with E-state index in [1.54, 1.807) is 0 Å². The molecule has 0 aromatic heterocycles. The molecule has 0 aliphatic carbocycles. The Bertz CT molecular complexity index is 1100. The van der Waals surface area contributed by atoms with Crippen LogP contribution in [0.3, 0.4) is 0 Å². The van der Waals surface area contributed by atoms with E-state index in [1.807, 2.05) is 0 Å². The summed E-state index contributed by atoms with van der Waals surface area (Å²) < 4.78 is 4.59. The molecule has 11 heteroatoms. The van der Waals surface area contributed by atoms with E-state index in [2.05, 4.69) is 4.74 Å². The maximum absolute atomic E-state index is 12.4. The van der Waals surface area contributed by atoms with E-state index in [0.29, 0.717) is 9.80 Å². The van der Waals surface area contributed by atoms with E-state index >= 15 is 0 Å². The maximum Gasteiger partial charge on any atom is 0.430 e. The van der Waals surface area contributed by atoms with Gasteiger partial charge >= 0.3 is 24.0 Å². The summed E-state index contributed by atoms with van der Waals surface area (Å²) in [7, 11) is 0. The van der Waals surface area contributed by atoms with Gasteiger partial charge in [-0.3, -0.25) is 19.2 Å². The van der Waals surface area contributed by atoms with Crippen molar-refractivity contribution in [3.8, 4) is 0 Å². The van der Waals surface area contributed by atoms with Gasteiger partial charge in [-0.1, -0.05) is 35.3 Å². The lowest BCUT2D eigenvalue weighted by Gasteiger charge is -2.17. The van der Waals surface area contributed by atoms with Gasteiger partial charge in [-0.15, -0.1) is 0 Å². The number of halogens is 2. The second-order valence-electron chi connectivity index (χ2n) is 5.84. The number of carbonyl (C=O) groups is 6. The Morgan fingerprint density at radius 3 is 1.45 bits per heavy atom. The first-order valence-corrected chi connectivity index (χ1v) is 8.60. The largest absolute Gasteiger partial charge is 0.430 e. The normalized spacial score (nSPS) is 15.0. The predicted octanol–water partition coefficient (Wildman–Crippen LogP) is 3.01. The summed E-state index contributed by atoms with van der Waals surface area (Å²) in [6.45, 7) is 0. The molecule has 4 amide bonds. The van der Waals surface area contributed by atoms with Crippen LogP contribution in [0.25, 0.3) is 0 Å². The molecule has 0 spiro atoms. The minimum atomic E-state index is -1.54. The maximum atomic E-state index is 12.4. The summed E-state index contributed by atoms with van der Waals surface area (Å²) in [5.74, 6) is -4.67. The summed E-state index contributed by atoms with van der Waals surface area (Å²) >= 11 is 11.8. The molecule has 4 rings (SSSR count). The number of imide groups is 2. The van der Waals surface area contributed by atoms with Crippen LogP contribution in [0.15, 0.2) is 36.4 Å². The zero-order valence-electron chi connectivity index (χ0n) is 14.0. The highest BCUT2D eigenvalue weighted by Gasteiger charge is 2.46. The van der Waals surface area contributed by atoms with Crippen LogP contribution in [0, 0.1) is 0 Å². The number of carbonyl (C=O) groups excluding carboxylic acids is 6. The van der Waals surface area contributed by atoms with Crippen molar-refractivity contribution in [1.82, 2.24) is 0 Å². The molecule has 0 N–H and O–H groups in total. The van der Waals surface area contributed by atoms with Crippen molar-refractivity contribution in [2.24, 2.45) is 0 Å². The first-order valence-electron chi connectivity index (χ1n) is 7.84. The number of ether oxygens (including phenoxy) is 1. The van der Waals surface area contributed by atoms with Crippen molar-refractivity contribution >= 4 is 70.1 Å². The molecular weight excluding hydrogens is 427 g/mol.